The van der Waals surface area contributed by atoms with E-state index < -0.39 is 5.82 Å². The first-order valence-corrected chi connectivity index (χ1v) is 5.55. The highest BCUT2D eigenvalue weighted by Crippen LogP contribution is 2.25. The molecular formula is C14H13F2NO. The highest BCUT2D eigenvalue weighted by molar-refractivity contribution is 5.34. The molecule has 0 aliphatic rings. The zero-order valence-corrected chi connectivity index (χ0v) is 9.91. The predicted octanol–water partition coefficient (Wildman–Crippen LogP) is 3.48. The molecule has 4 heteroatoms. The minimum atomic E-state index is -0.438. The van der Waals surface area contributed by atoms with Crippen molar-refractivity contribution < 1.29 is 13.5 Å². The van der Waals surface area contributed by atoms with Gasteiger partial charge in [0.1, 0.15) is 11.6 Å². The minimum Gasteiger partial charge on any atom is -0.454 e. The fourth-order valence-corrected chi connectivity index (χ4v) is 1.57. The van der Waals surface area contributed by atoms with Crippen LogP contribution in [0.4, 0.5) is 8.78 Å². The van der Waals surface area contributed by atoms with Crippen LogP contribution in [0.2, 0.25) is 0 Å². The summed E-state index contributed by atoms with van der Waals surface area (Å²) >= 11 is 0. The Kier molecular flexibility index (Phi) is 3.89. The van der Waals surface area contributed by atoms with E-state index in [0.29, 0.717) is 12.3 Å². The Morgan fingerprint density at radius 3 is 2.39 bits per heavy atom. The molecule has 0 heterocycles. The van der Waals surface area contributed by atoms with Gasteiger partial charge in [0.25, 0.3) is 0 Å². The Hall–Kier alpha value is -1.94. The van der Waals surface area contributed by atoms with Gasteiger partial charge in [0, 0.05) is 6.54 Å². The van der Waals surface area contributed by atoms with Gasteiger partial charge in [-0.05, 0) is 49.0 Å². The third-order valence-electron chi connectivity index (χ3n) is 2.42. The molecule has 0 spiro atoms. The number of hydrogen-bond acceptors (Lipinski definition) is 2. The Balaban J connectivity index is 2.16. The molecule has 2 aromatic carbocycles. The van der Waals surface area contributed by atoms with Crippen LogP contribution >= 0.6 is 0 Å². The van der Waals surface area contributed by atoms with E-state index in [2.05, 4.69) is 5.32 Å². The maximum absolute atomic E-state index is 13.7. The highest BCUT2D eigenvalue weighted by Gasteiger charge is 2.06. The molecule has 0 atom stereocenters. The number of halogens is 2. The number of rotatable bonds is 4. The van der Waals surface area contributed by atoms with Gasteiger partial charge in [-0.25, -0.2) is 8.78 Å². The maximum atomic E-state index is 13.7. The highest BCUT2D eigenvalue weighted by atomic mass is 19.1. The molecule has 18 heavy (non-hydrogen) atoms. The van der Waals surface area contributed by atoms with E-state index in [4.69, 9.17) is 4.74 Å². The van der Waals surface area contributed by atoms with E-state index in [0.717, 1.165) is 5.56 Å². The molecule has 0 saturated heterocycles. The summed E-state index contributed by atoms with van der Waals surface area (Å²) in [6.07, 6.45) is 0. The third-order valence-corrected chi connectivity index (χ3v) is 2.42. The largest absolute Gasteiger partial charge is 0.454 e. The van der Waals surface area contributed by atoms with Crippen molar-refractivity contribution in [2.24, 2.45) is 0 Å². The molecular weight excluding hydrogens is 236 g/mol. The molecule has 0 aliphatic heterocycles. The van der Waals surface area contributed by atoms with Gasteiger partial charge in [-0.3, -0.25) is 0 Å². The van der Waals surface area contributed by atoms with Crippen molar-refractivity contribution in [1.29, 1.82) is 0 Å². The van der Waals surface area contributed by atoms with E-state index in [1.165, 1.54) is 30.3 Å². The summed E-state index contributed by atoms with van der Waals surface area (Å²) in [5.41, 5.74) is 0.835. The summed E-state index contributed by atoms with van der Waals surface area (Å²) in [5, 5.41) is 2.94. The van der Waals surface area contributed by atoms with Crippen LogP contribution in [0.5, 0.6) is 11.5 Å². The monoisotopic (exact) mass is 249 g/mol. The molecule has 0 amide bonds. The third kappa shape index (κ3) is 3.05. The van der Waals surface area contributed by atoms with Crippen LogP contribution in [-0.4, -0.2) is 7.05 Å². The predicted molar refractivity (Wildman–Crippen MR) is 65.6 cm³/mol. The molecule has 0 aliphatic carbocycles. The summed E-state index contributed by atoms with van der Waals surface area (Å²) in [6, 6.07) is 10.2. The second-order valence-electron chi connectivity index (χ2n) is 3.85. The quantitative estimate of drug-likeness (QED) is 0.895. The molecule has 0 saturated carbocycles. The van der Waals surface area contributed by atoms with E-state index >= 15 is 0 Å². The van der Waals surface area contributed by atoms with Crippen molar-refractivity contribution in [3.63, 3.8) is 0 Å². The molecule has 0 bridgehead atoms. The number of nitrogens with one attached hydrogen (secondary N) is 1. The van der Waals surface area contributed by atoms with Crippen molar-refractivity contribution in [1.82, 2.24) is 5.32 Å². The van der Waals surface area contributed by atoms with Crippen molar-refractivity contribution in [2.75, 3.05) is 7.05 Å². The summed E-state index contributed by atoms with van der Waals surface area (Å²) in [5.74, 6) is -0.266. The average molecular weight is 249 g/mol. The first-order valence-electron chi connectivity index (χ1n) is 5.55. The second-order valence-corrected chi connectivity index (χ2v) is 3.85. The summed E-state index contributed by atoms with van der Waals surface area (Å²) < 4.78 is 31.8. The van der Waals surface area contributed by atoms with E-state index in [-0.39, 0.29) is 11.6 Å². The molecule has 1 N–H and O–H groups in total. The minimum absolute atomic E-state index is 0.126. The number of ether oxygens (including phenoxy) is 1. The summed E-state index contributed by atoms with van der Waals surface area (Å²) in [6.45, 7) is 0.591. The number of hydrogen-bond donors (Lipinski definition) is 1. The Bertz CT molecular complexity index is 526. The van der Waals surface area contributed by atoms with Gasteiger partial charge in [-0.2, -0.15) is 0 Å². The van der Waals surface area contributed by atoms with Crippen LogP contribution in [0, 0.1) is 11.6 Å². The second kappa shape index (κ2) is 5.60. The van der Waals surface area contributed by atoms with Gasteiger partial charge in [-0.1, -0.05) is 6.07 Å². The standard InChI is InChI=1S/C14H13F2NO/c1-17-9-10-2-7-14(13(16)8-10)18-12-5-3-11(15)4-6-12/h2-8,17H,9H2,1H3. The van der Waals surface area contributed by atoms with Gasteiger partial charge in [0.05, 0.1) is 0 Å². The first kappa shape index (κ1) is 12.5. The maximum Gasteiger partial charge on any atom is 0.166 e. The van der Waals surface area contributed by atoms with Crippen LogP contribution in [-0.2, 0) is 6.54 Å². The molecule has 0 fully saturated rings. The van der Waals surface area contributed by atoms with Gasteiger partial charge >= 0.3 is 0 Å². The van der Waals surface area contributed by atoms with Crippen molar-refractivity contribution >= 4 is 0 Å². The summed E-state index contributed by atoms with van der Waals surface area (Å²) in [4.78, 5) is 0. The zero-order chi connectivity index (χ0) is 13.0. The smallest absolute Gasteiger partial charge is 0.166 e. The molecule has 2 nitrogen and oxygen atoms in total. The molecule has 94 valence electrons. The van der Waals surface area contributed by atoms with Crippen LogP contribution in [0.25, 0.3) is 0 Å². The van der Waals surface area contributed by atoms with Gasteiger partial charge in [0.2, 0.25) is 0 Å². The SMILES string of the molecule is CNCc1ccc(Oc2ccc(F)cc2)c(F)c1. The van der Waals surface area contributed by atoms with Crippen molar-refractivity contribution in [3.05, 3.63) is 59.7 Å². The lowest BCUT2D eigenvalue weighted by Gasteiger charge is -2.08. The van der Waals surface area contributed by atoms with Crippen molar-refractivity contribution in [3.8, 4) is 11.5 Å². The van der Waals surface area contributed by atoms with E-state index in [1.54, 1.807) is 19.2 Å². The van der Waals surface area contributed by atoms with Crippen LogP contribution < -0.4 is 10.1 Å². The van der Waals surface area contributed by atoms with Gasteiger partial charge in [0.15, 0.2) is 11.6 Å². The fraction of sp³-hybridized carbons (Fsp3) is 0.143. The molecule has 0 radical (unpaired) electrons. The molecule has 0 unspecified atom stereocenters. The van der Waals surface area contributed by atoms with Crippen LogP contribution in [0.15, 0.2) is 42.5 Å². The lowest BCUT2D eigenvalue weighted by Crippen LogP contribution is -2.05. The van der Waals surface area contributed by atoms with E-state index in [1.807, 2.05) is 0 Å². The first-order chi connectivity index (χ1) is 8.69. The molecule has 0 aromatic heterocycles. The topological polar surface area (TPSA) is 21.3 Å². The van der Waals surface area contributed by atoms with Crippen LogP contribution in [0.3, 0.4) is 0 Å². The van der Waals surface area contributed by atoms with Crippen LogP contribution in [0.1, 0.15) is 5.56 Å². The Morgan fingerprint density at radius 2 is 1.78 bits per heavy atom. The lowest BCUT2D eigenvalue weighted by molar-refractivity contribution is 0.440. The Morgan fingerprint density at radius 1 is 1.06 bits per heavy atom. The summed E-state index contributed by atoms with van der Waals surface area (Å²) in [7, 11) is 1.79. The Labute approximate surface area is 104 Å². The van der Waals surface area contributed by atoms with Crippen molar-refractivity contribution in [2.45, 2.75) is 6.54 Å². The fourth-order valence-electron chi connectivity index (χ4n) is 1.57. The van der Waals surface area contributed by atoms with Gasteiger partial charge < -0.3 is 10.1 Å². The molecule has 2 aromatic rings. The van der Waals surface area contributed by atoms with Gasteiger partial charge in [-0.15, -0.1) is 0 Å². The zero-order valence-electron chi connectivity index (χ0n) is 9.91. The number of benzene rings is 2. The lowest BCUT2D eigenvalue weighted by atomic mass is 10.2. The normalized spacial score (nSPS) is 10.4. The molecule has 2 rings (SSSR count). The average Bonchev–Trinajstić information content (AvgIpc) is 2.36. The van der Waals surface area contributed by atoms with E-state index in [9.17, 15) is 8.78 Å².